The number of hydrogen-bond donors (Lipinski definition) is 0. The third-order valence-electron chi connectivity index (χ3n) is 2.81. The van der Waals surface area contributed by atoms with Gasteiger partial charge < -0.3 is 4.74 Å². The van der Waals surface area contributed by atoms with E-state index in [2.05, 4.69) is 0 Å². The summed E-state index contributed by atoms with van der Waals surface area (Å²) in [6.07, 6.45) is 0. The van der Waals surface area contributed by atoms with Crippen molar-refractivity contribution in [2.24, 2.45) is 0 Å². The number of ether oxygens (including phenoxy) is 1. The summed E-state index contributed by atoms with van der Waals surface area (Å²) in [7, 11) is 0. The van der Waals surface area contributed by atoms with Crippen molar-refractivity contribution in [3.63, 3.8) is 0 Å². The molecule has 0 aliphatic heterocycles. The van der Waals surface area contributed by atoms with Crippen LogP contribution in [-0.2, 0) is 6.61 Å². The second-order valence-electron chi connectivity index (χ2n) is 4.23. The van der Waals surface area contributed by atoms with E-state index in [1.165, 1.54) is 30.3 Å². The van der Waals surface area contributed by atoms with Crippen molar-refractivity contribution in [1.29, 1.82) is 0 Å². The van der Waals surface area contributed by atoms with Crippen LogP contribution in [0, 0.1) is 22.9 Å². The summed E-state index contributed by atoms with van der Waals surface area (Å²) in [4.78, 5) is 10.4. The lowest BCUT2D eigenvalue weighted by molar-refractivity contribution is -0.385. The average molecular weight is 296 g/mol. The minimum absolute atomic E-state index is 0.0891. The van der Waals surface area contributed by atoms with E-state index in [9.17, 15) is 14.5 Å². The van der Waals surface area contributed by atoms with Gasteiger partial charge >= 0.3 is 5.69 Å². The summed E-state index contributed by atoms with van der Waals surface area (Å²) in [5, 5.41) is 11.2. The third-order valence-corrected chi connectivity index (χ3v) is 3.04. The first kappa shape index (κ1) is 14.3. The molecule has 2 rings (SSSR count). The highest BCUT2D eigenvalue weighted by atomic mass is 35.5. The number of nitro groups is 1. The van der Waals surface area contributed by atoms with Gasteiger partial charge in [0.1, 0.15) is 12.4 Å². The Bertz CT molecular complexity index is 661. The zero-order chi connectivity index (χ0) is 14.7. The van der Waals surface area contributed by atoms with Crippen LogP contribution in [-0.4, -0.2) is 4.92 Å². The molecule has 0 aliphatic carbocycles. The van der Waals surface area contributed by atoms with Crippen molar-refractivity contribution in [2.75, 3.05) is 0 Å². The Hall–Kier alpha value is -2.14. The van der Waals surface area contributed by atoms with E-state index in [0.29, 0.717) is 5.02 Å². The molecule has 0 N–H and O–H groups in total. The molecule has 0 unspecified atom stereocenters. The highest BCUT2D eigenvalue weighted by Crippen LogP contribution is 2.30. The fraction of sp³-hybridized carbons (Fsp3) is 0.143. The van der Waals surface area contributed by atoms with Crippen LogP contribution < -0.4 is 4.74 Å². The van der Waals surface area contributed by atoms with Crippen molar-refractivity contribution in [1.82, 2.24) is 0 Å². The van der Waals surface area contributed by atoms with Gasteiger partial charge in [-0.3, -0.25) is 10.1 Å². The van der Waals surface area contributed by atoms with Crippen molar-refractivity contribution in [3.05, 3.63) is 68.5 Å². The van der Waals surface area contributed by atoms with Crippen LogP contribution in [0.25, 0.3) is 0 Å². The Morgan fingerprint density at radius 3 is 2.70 bits per heavy atom. The topological polar surface area (TPSA) is 52.4 Å². The standard InChI is InChI=1S/C14H11ClFNO3/c1-9-6-12(16)4-2-10(9)8-20-14-7-11(15)3-5-13(14)17(18)19/h2-7H,8H2,1H3. The molecule has 0 radical (unpaired) electrons. The zero-order valence-corrected chi connectivity index (χ0v) is 11.4. The average Bonchev–Trinajstić information content (AvgIpc) is 2.37. The number of aryl methyl sites for hydroxylation is 1. The van der Waals surface area contributed by atoms with Crippen molar-refractivity contribution in [2.45, 2.75) is 13.5 Å². The normalized spacial score (nSPS) is 10.3. The SMILES string of the molecule is Cc1cc(F)ccc1COc1cc(Cl)ccc1[N+](=O)[O-]. The fourth-order valence-corrected chi connectivity index (χ4v) is 1.89. The van der Waals surface area contributed by atoms with Gasteiger partial charge in [-0.05, 0) is 36.2 Å². The van der Waals surface area contributed by atoms with E-state index in [-0.39, 0.29) is 23.9 Å². The summed E-state index contributed by atoms with van der Waals surface area (Å²) < 4.78 is 18.4. The highest BCUT2D eigenvalue weighted by Gasteiger charge is 2.15. The van der Waals surface area contributed by atoms with Crippen LogP contribution in [0.1, 0.15) is 11.1 Å². The monoisotopic (exact) mass is 295 g/mol. The van der Waals surface area contributed by atoms with E-state index < -0.39 is 4.92 Å². The molecule has 0 heterocycles. The van der Waals surface area contributed by atoms with Crippen molar-refractivity contribution >= 4 is 17.3 Å². The summed E-state index contributed by atoms with van der Waals surface area (Å²) in [6, 6.07) is 8.38. The summed E-state index contributed by atoms with van der Waals surface area (Å²) in [5.41, 5.74) is 1.31. The van der Waals surface area contributed by atoms with Gasteiger partial charge in [0.05, 0.1) is 4.92 Å². The van der Waals surface area contributed by atoms with Gasteiger partial charge in [0.25, 0.3) is 0 Å². The first-order valence-electron chi connectivity index (χ1n) is 5.79. The van der Waals surface area contributed by atoms with E-state index in [0.717, 1.165) is 11.1 Å². The predicted molar refractivity (Wildman–Crippen MR) is 73.6 cm³/mol. The molecule has 0 spiro atoms. The van der Waals surface area contributed by atoms with Gasteiger partial charge in [-0.15, -0.1) is 0 Å². The molecule has 6 heteroatoms. The molecule has 20 heavy (non-hydrogen) atoms. The predicted octanol–water partition coefficient (Wildman–Crippen LogP) is 4.27. The number of nitrogens with zero attached hydrogens (tertiary/aromatic N) is 1. The molecular weight excluding hydrogens is 285 g/mol. The van der Waals surface area contributed by atoms with Gasteiger partial charge in [0, 0.05) is 17.2 Å². The smallest absolute Gasteiger partial charge is 0.311 e. The van der Waals surface area contributed by atoms with E-state index in [4.69, 9.17) is 16.3 Å². The molecule has 2 aromatic carbocycles. The van der Waals surface area contributed by atoms with Crippen LogP contribution in [0.3, 0.4) is 0 Å². The number of benzene rings is 2. The second-order valence-corrected chi connectivity index (χ2v) is 4.67. The minimum Gasteiger partial charge on any atom is -0.482 e. The Labute approximate surface area is 119 Å². The molecule has 4 nitrogen and oxygen atoms in total. The first-order valence-corrected chi connectivity index (χ1v) is 6.17. The number of rotatable bonds is 4. The van der Waals surface area contributed by atoms with E-state index in [1.807, 2.05) is 0 Å². The molecule has 0 aromatic heterocycles. The Morgan fingerprint density at radius 2 is 2.05 bits per heavy atom. The molecule has 104 valence electrons. The van der Waals surface area contributed by atoms with Gasteiger partial charge in [0.15, 0.2) is 5.75 Å². The van der Waals surface area contributed by atoms with Crippen molar-refractivity contribution < 1.29 is 14.1 Å². The van der Waals surface area contributed by atoms with Crippen LogP contribution >= 0.6 is 11.6 Å². The summed E-state index contributed by atoms with van der Waals surface area (Å²) in [6.45, 7) is 1.85. The molecule has 0 bridgehead atoms. The molecule has 0 fully saturated rings. The summed E-state index contributed by atoms with van der Waals surface area (Å²) >= 11 is 5.80. The Kier molecular flexibility index (Phi) is 4.20. The number of nitro benzene ring substituents is 1. The van der Waals surface area contributed by atoms with Crippen LogP contribution in [0.5, 0.6) is 5.75 Å². The third kappa shape index (κ3) is 3.24. The molecule has 0 saturated heterocycles. The van der Waals surface area contributed by atoms with Gasteiger partial charge in [-0.1, -0.05) is 17.7 Å². The van der Waals surface area contributed by atoms with Gasteiger partial charge in [-0.25, -0.2) is 4.39 Å². The highest BCUT2D eigenvalue weighted by molar-refractivity contribution is 6.30. The Morgan fingerprint density at radius 1 is 1.30 bits per heavy atom. The quantitative estimate of drug-likeness (QED) is 0.625. The second kappa shape index (κ2) is 5.88. The number of halogens is 2. The maximum Gasteiger partial charge on any atom is 0.311 e. The zero-order valence-electron chi connectivity index (χ0n) is 10.6. The Balaban J connectivity index is 2.22. The molecule has 2 aromatic rings. The van der Waals surface area contributed by atoms with E-state index in [1.54, 1.807) is 13.0 Å². The molecular formula is C14H11ClFNO3. The lowest BCUT2D eigenvalue weighted by Gasteiger charge is -2.09. The maximum absolute atomic E-state index is 13.0. The van der Waals surface area contributed by atoms with Crippen LogP contribution in [0.2, 0.25) is 5.02 Å². The first-order chi connectivity index (χ1) is 9.47. The maximum atomic E-state index is 13.0. The summed E-state index contributed by atoms with van der Waals surface area (Å²) in [5.74, 6) is -0.244. The minimum atomic E-state index is -0.539. The molecule has 0 amide bonds. The van der Waals surface area contributed by atoms with Gasteiger partial charge in [0.2, 0.25) is 0 Å². The van der Waals surface area contributed by atoms with Gasteiger partial charge in [-0.2, -0.15) is 0 Å². The van der Waals surface area contributed by atoms with E-state index >= 15 is 0 Å². The van der Waals surface area contributed by atoms with Crippen molar-refractivity contribution in [3.8, 4) is 5.75 Å². The van der Waals surface area contributed by atoms with Crippen LogP contribution in [0.15, 0.2) is 36.4 Å². The molecule has 0 saturated carbocycles. The molecule has 0 atom stereocenters. The lowest BCUT2D eigenvalue weighted by Crippen LogP contribution is -2.01. The fourth-order valence-electron chi connectivity index (χ4n) is 1.73. The van der Waals surface area contributed by atoms with Crippen LogP contribution in [0.4, 0.5) is 10.1 Å². The number of hydrogen-bond acceptors (Lipinski definition) is 3. The lowest BCUT2D eigenvalue weighted by atomic mass is 10.1. The largest absolute Gasteiger partial charge is 0.482 e. The molecule has 0 aliphatic rings.